The number of aliphatic hydroxyl groups excluding tert-OH is 1. The summed E-state index contributed by atoms with van der Waals surface area (Å²) in [5.74, 6) is 1.02. The van der Waals surface area contributed by atoms with Crippen molar-refractivity contribution in [2.24, 2.45) is 0 Å². The number of aldehydes is 1. The average Bonchev–Trinajstić information content (AvgIpc) is 2.37. The van der Waals surface area contributed by atoms with E-state index in [-0.39, 0.29) is 6.61 Å². The Bertz CT molecular complexity index is 482. The molecule has 5 heteroatoms. The molecule has 1 heterocycles. The summed E-state index contributed by atoms with van der Waals surface area (Å²) < 4.78 is 11.9. The molecule has 0 fully saturated rings. The third-order valence-corrected chi connectivity index (χ3v) is 3.62. The molecular weight excluding hydrogens is 300 g/mol. The lowest BCUT2D eigenvalue weighted by Crippen LogP contribution is -2.27. The number of carbonyl (C=O) groups is 1. The van der Waals surface area contributed by atoms with Crippen LogP contribution in [0.2, 0.25) is 0 Å². The summed E-state index contributed by atoms with van der Waals surface area (Å²) in [5, 5.41) is 9.51. The molecule has 1 aromatic rings. The lowest BCUT2D eigenvalue weighted by molar-refractivity contribution is 0.111. The Kier molecular flexibility index (Phi) is 3.64. The Labute approximate surface area is 114 Å². The molecular formula is C13H15BrO4. The van der Waals surface area contributed by atoms with Gasteiger partial charge >= 0.3 is 0 Å². The van der Waals surface area contributed by atoms with E-state index in [1.54, 1.807) is 6.07 Å². The van der Waals surface area contributed by atoms with Gasteiger partial charge in [0.15, 0.2) is 17.8 Å². The van der Waals surface area contributed by atoms with Gasteiger partial charge in [0.05, 0.1) is 12.2 Å². The molecule has 0 saturated heterocycles. The fourth-order valence-corrected chi connectivity index (χ4v) is 2.96. The van der Waals surface area contributed by atoms with E-state index in [9.17, 15) is 9.90 Å². The van der Waals surface area contributed by atoms with E-state index in [0.29, 0.717) is 30.3 Å². The number of ether oxygens (including phenoxy) is 2. The lowest BCUT2D eigenvalue weighted by atomic mass is 9.84. The first kappa shape index (κ1) is 13.4. The third-order valence-electron chi connectivity index (χ3n) is 2.99. The minimum absolute atomic E-state index is 0.0260. The minimum atomic E-state index is -0.481. The largest absolute Gasteiger partial charge is 0.486 e. The number of hydrogen-bond donors (Lipinski definition) is 1. The molecule has 1 N–H and O–H groups in total. The Morgan fingerprint density at radius 2 is 2.00 bits per heavy atom. The molecule has 1 aliphatic heterocycles. The van der Waals surface area contributed by atoms with Crippen LogP contribution >= 0.6 is 15.9 Å². The van der Waals surface area contributed by atoms with Gasteiger partial charge in [0.25, 0.3) is 0 Å². The predicted octanol–water partition coefficient (Wildman–Crippen LogP) is 2.30. The Morgan fingerprint density at radius 3 is 2.56 bits per heavy atom. The molecule has 0 bridgehead atoms. The van der Waals surface area contributed by atoms with Crippen LogP contribution in [0.3, 0.4) is 0 Å². The van der Waals surface area contributed by atoms with Gasteiger partial charge < -0.3 is 14.6 Å². The molecule has 0 spiro atoms. The van der Waals surface area contributed by atoms with Crippen LogP contribution < -0.4 is 9.47 Å². The SMILES string of the molecule is CC(C)(CO)c1c(Br)cc(C=O)c2c1OCCO2. The zero-order valence-corrected chi connectivity index (χ0v) is 11.9. The van der Waals surface area contributed by atoms with E-state index in [0.717, 1.165) is 16.3 Å². The van der Waals surface area contributed by atoms with Crippen LogP contribution in [-0.2, 0) is 5.41 Å². The monoisotopic (exact) mass is 314 g/mol. The molecule has 4 nitrogen and oxygen atoms in total. The highest BCUT2D eigenvalue weighted by Gasteiger charge is 2.32. The molecule has 0 unspecified atom stereocenters. The Hall–Kier alpha value is -1.07. The van der Waals surface area contributed by atoms with Crippen LogP contribution in [0, 0.1) is 0 Å². The predicted molar refractivity (Wildman–Crippen MR) is 70.6 cm³/mol. The summed E-state index contributed by atoms with van der Waals surface area (Å²) in [7, 11) is 0. The van der Waals surface area contributed by atoms with Crippen molar-refractivity contribution < 1.29 is 19.4 Å². The summed E-state index contributed by atoms with van der Waals surface area (Å²) in [5.41, 5.74) is 0.796. The zero-order chi connectivity index (χ0) is 13.3. The van der Waals surface area contributed by atoms with E-state index >= 15 is 0 Å². The number of aliphatic hydroxyl groups is 1. The average molecular weight is 315 g/mol. The fraction of sp³-hybridized carbons (Fsp3) is 0.462. The second-order valence-electron chi connectivity index (χ2n) is 4.84. The number of rotatable bonds is 3. The summed E-state index contributed by atoms with van der Waals surface area (Å²) >= 11 is 3.44. The van der Waals surface area contributed by atoms with Gasteiger partial charge in [-0.25, -0.2) is 0 Å². The van der Waals surface area contributed by atoms with E-state index in [4.69, 9.17) is 9.47 Å². The van der Waals surface area contributed by atoms with Gasteiger partial charge in [-0.15, -0.1) is 0 Å². The normalized spacial score (nSPS) is 14.4. The number of carbonyl (C=O) groups excluding carboxylic acids is 1. The van der Waals surface area contributed by atoms with Gasteiger partial charge in [0.2, 0.25) is 0 Å². The summed E-state index contributed by atoms with van der Waals surface area (Å²) in [4.78, 5) is 11.1. The van der Waals surface area contributed by atoms with Gasteiger partial charge in [-0.2, -0.15) is 0 Å². The first-order chi connectivity index (χ1) is 8.51. The maximum atomic E-state index is 11.1. The Morgan fingerprint density at radius 1 is 1.39 bits per heavy atom. The fourth-order valence-electron chi connectivity index (χ4n) is 2.00. The van der Waals surface area contributed by atoms with E-state index in [1.807, 2.05) is 13.8 Å². The molecule has 0 amide bonds. The van der Waals surface area contributed by atoms with Crippen LogP contribution in [0.5, 0.6) is 11.5 Å². The van der Waals surface area contributed by atoms with Gasteiger partial charge in [-0.3, -0.25) is 4.79 Å². The van der Waals surface area contributed by atoms with Crippen molar-refractivity contribution in [1.29, 1.82) is 0 Å². The summed E-state index contributed by atoms with van der Waals surface area (Å²) in [6, 6.07) is 1.70. The third kappa shape index (κ3) is 2.12. The smallest absolute Gasteiger partial charge is 0.172 e. The topological polar surface area (TPSA) is 55.8 Å². The quantitative estimate of drug-likeness (QED) is 0.870. The van der Waals surface area contributed by atoms with Crippen molar-refractivity contribution in [1.82, 2.24) is 0 Å². The zero-order valence-electron chi connectivity index (χ0n) is 10.3. The molecule has 0 saturated carbocycles. The van der Waals surface area contributed by atoms with Crippen LogP contribution in [0.25, 0.3) is 0 Å². The number of hydrogen-bond acceptors (Lipinski definition) is 4. The van der Waals surface area contributed by atoms with Gasteiger partial charge in [0.1, 0.15) is 13.2 Å². The highest BCUT2D eigenvalue weighted by molar-refractivity contribution is 9.10. The molecule has 18 heavy (non-hydrogen) atoms. The van der Waals surface area contributed by atoms with Crippen LogP contribution in [-0.4, -0.2) is 31.2 Å². The minimum Gasteiger partial charge on any atom is -0.486 e. The molecule has 1 aliphatic rings. The molecule has 0 aliphatic carbocycles. The van der Waals surface area contributed by atoms with Gasteiger partial charge in [-0.05, 0) is 6.07 Å². The second kappa shape index (κ2) is 4.90. The highest BCUT2D eigenvalue weighted by Crippen LogP contribution is 2.46. The van der Waals surface area contributed by atoms with Crippen molar-refractivity contribution in [2.75, 3.05) is 19.8 Å². The summed E-state index contributed by atoms with van der Waals surface area (Å²) in [6.07, 6.45) is 0.744. The molecule has 0 aromatic heterocycles. The van der Waals surface area contributed by atoms with E-state index < -0.39 is 5.41 Å². The second-order valence-corrected chi connectivity index (χ2v) is 5.69. The molecule has 0 radical (unpaired) electrons. The van der Waals surface area contributed by atoms with Crippen LogP contribution in [0.1, 0.15) is 29.8 Å². The lowest BCUT2D eigenvalue weighted by Gasteiger charge is -2.30. The maximum Gasteiger partial charge on any atom is 0.172 e. The molecule has 98 valence electrons. The molecule has 0 atom stereocenters. The molecule has 2 rings (SSSR count). The van der Waals surface area contributed by atoms with Crippen molar-refractivity contribution in [3.05, 3.63) is 21.7 Å². The van der Waals surface area contributed by atoms with E-state index in [2.05, 4.69) is 15.9 Å². The number of benzene rings is 1. The number of fused-ring (bicyclic) bond motifs is 1. The van der Waals surface area contributed by atoms with Crippen LogP contribution in [0.4, 0.5) is 0 Å². The maximum absolute atomic E-state index is 11.1. The summed E-state index contributed by atoms with van der Waals surface area (Å²) in [6.45, 7) is 4.66. The first-order valence-corrected chi connectivity index (χ1v) is 6.49. The highest BCUT2D eigenvalue weighted by atomic mass is 79.9. The number of halogens is 1. The van der Waals surface area contributed by atoms with Crippen LogP contribution in [0.15, 0.2) is 10.5 Å². The van der Waals surface area contributed by atoms with E-state index in [1.165, 1.54) is 0 Å². The van der Waals surface area contributed by atoms with Gasteiger partial charge in [-0.1, -0.05) is 29.8 Å². The van der Waals surface area contributed by atoms with Gasteiger partial charge in [0, 0.05) is 15.5 Å². The Balaban J connectivity index is 2.70. The van der Waals surface area contributed by atoms with Crippen molar-refractivity contribution >= 4 is 22.2 Å². The molecule has 1 aromatic carbocycles. The first-order valence-electron chi connectivity index (χ1n) is 5.70. The van der Waals surface area contributed by atoms with Crippen molar-refractivity contribution in [3.63, 3.8) is 0 Å². The van der Waals surface area contributed by atoms with Crippen molar-refractivity contribution in [3.8, 4) is 11.5 Å². The standard InChI is InChI=1S/C13H15BrO4/c1-13(2,7-16)10-9(14)5-8(6-15)11-12(10)18-4-3-17-11/h5-6,16H,3-4,7H2,1-2H3. The van der Waals surface area contributed by atoms with Crippen molar-refractivity contribution in [2.45, 2.75) is 19.3 Å².